The standard InChI is InChI=1S/C22H24N2O4S2/c1-22(2,3)23-20(25)27-13-7-12-24-19(29)18(30-21(24)26)14-16-10-11-17(28-16)15-8-5-4-6-9-15/h4-6,8-11,14H,7,12-13H2,1-3H3,(H,23,25)/b18-14-. The van der Waals surface area contributed by atoms with Crippen LogP contribution in [0.25, 0.3) is 17.4 Å². The first kappa shape index (κ1) is 22.1. The lowest BCUT2D eigenvalue weighted by Crippen LogP contribution is -2.41. The molecule has 1 fully saturated rings. The molecule has 6 nitrogen and oxygen atoms in total. The highest BCUT2D eigenvalue weighted by Gasteiger charge is 2.31. The summed E-state index contributed by atoms with van der Waals surface area (Å²) >= 11 is 6.55. The maximum Gasteiger partial charge on any atom is 0.407 e. The van der Waals surface area contributed by atoms with Crippen molar-refractivity contribution in [1.29, 1.82) is 0 Å². The number of furan rings is 1. The molecule has 158 valence electrons. The Balaban J connectivity index is 1.55. The molecule has 1 N–H and O–H groups in total. The summed E-state index contributed by atoms with van der Waals surface area (Å²) in [5, 5.41) is 2.58. The van der Waals surface area contributed by atoms with Crippen LogP contribution in [0.2, 0.25) is 0 Å². The lowest BCUT2D eigenvalue weighted by atomic mass is 10.1. The first-order valence-corrected chi connectivity index (χ1v) is 10.8. The van der Waals surface area contributed by atoms with Crippen LogP contribution in [-0.4, -0.2) is 39.9 Å². The maximum atomic E-state index is 12.3. The molecule has 30 heavy (non-hydrogen) atoms. The lowest BCUT2D eigenvalue weighted by molar-refractivity contribution is 0.135. The van der Waals surface area contributed by atoms with E-state index in [0.29, 0.717) is 28.6 Å². The molecular formula is C22H24N2O4S2. The second-order valence-electron chi connectivity index (χ2n) is 7.77. The van der Waals surface area contributed by atoms with E-state index in [1.54, 1.807) is 6.08 Å². The second kappa shape index (κ2) is 9.49. The predicted octanol–water partition coefficient (Wildman–Crippen LogP) is 5.70. The number of thiocarbonyl (C=S) groups is 1. The normalized spacial score (nSPS) is 15.7. The first-order valence-electron chi connectivity index (χ1n) is 9.58. The number of alkyl carbamates (subject to hydrolysis) is 1. The molecule has 0 radical (unpaired) electrons. The summed E-state index contributed by atoms with van der Waals surface area (Å²) < 4.78 is 11.0. The van der Waals surface area contributed by atoms with Crippen molar-refractivity contribution in [3.05, 3.63) is 53.1 Å². The van der Waals surface area contributed by atoms with E-state index in [4.69, 9.17) is 21.4 Å². The van der Waals surface area contributed by atoms with Crippen LogP contribution >= 0.6 is 24.0 Å². The van der Waals surface area contributed by atoms with Crippen molar-refractivity contribution in [2.24, 2.45) is 0 Å². The van der Waals surface area contributed by atoms with Crippen LogP contribution in [0.4, 0.5) is 9.59 Å². The van der Waals surface area contributed by atoms with E-state index < -0.39 is 6.09 Å². The minimum Gasteiger partial charge on any atom is -0.457 e. The van der Waals surface area contributed by atoms with E-state index in [0.717, 1.165) is 23.1 Å². The van der Waals surface area contributed by atoms with E-state index in [1.807, 2.05) is 63.2 Å². The van der Waals surface area contributed by atoms with Crippen molar-refractivity contribution in [3.63, 3.8) is 0 Å². The highest BCUT2D eigenvalue weighted by molar-refractivity contribution is 8.19. The molecule has 1 aromatic carbocycles. The van der Waals surface area contributed by atoms with E-state index in [-0.39, 0.29) is 17.4 Å². The Hall–Kier alpha value is -2.58. The van der Waals surface area contributed by atoms with Crippen LogP contribution in [0, 0.1) is 0 Å². The van der Waals surface area contributed by atoms with Crippen molar-refractivity contribution in [2.75, 3.05) is 13.2 Å². The van der Waals surface area contributed by atoms with E-state index in [2.05, 4.69) is 5.32 Å². The third kappa shape index (κ3) is 5.96. The van der Waals surface area contributed by atoms with Crippen LogP contribution in [0.3, 0.4) is 0 Å². The summed E-state index contributed by atoms with van der Waals surface area (Å²) in [6, 6.07) is 13.5. The van der Waals surface area contributed by atoms with Gasteiger partial charge in [-0.3, -0.25) is 9.69 Å². The van der Waals surface area contributed by atoms with Gasteiger partial charge < -0.3 is 14.5 Å². The van der Waals surface area contributed by atoms with Gasteiger partial charge in [0.2, 0.25) is 0 Å². The average Bonchev–Trinajstić information content (AvgIpc) is 3.24. The second-order valence-corrected chi connectivity index (χ2v) is 9.15. The zero-order chi connectivity index (χ0) is 21.7. The monoisotopic (exact) mass is 444 g/mol. The Bertz CT molecular complexity index is 961. The van der Waals surface area contributed by atoms with Crippen molar-refractivity contribution in [2.45, 2.75) is 32.7 Å². The van der Waals surface area contributed by atoms with Gasteiger partial charge in [-0.15, -0.1) is 0 Å². The quantitative estimate of drug-likeness (QED) is 0.350. The molecule has 1 aliphatic rings. The van der Waals surface area contributed by atoms with Crippen LogP contribution in [0.1, 0.15) is 33.0 Å². The predicted molar refractivity (Wildman–Crippen MR) is 123 cm³/mol. The van der Waals surface area contributed by atoms with Crippen molar-refractivity contribution >= 4 is 46.4 Å². The van der Waals surface area contributed by atoms with Crippen LogP contribution in [0.5, 0.6) is 0 Å². The zero-order valence-electron chi connectivity index (χ0n) is 17.1. The van der Waals surface area contributed by atoms with E-state index in [9.17, 15) is 9.59 Å². The maximum absolute atomic E-state index is 12.3. The fourth-order valence-corrected chi connectivity index (χ4v) is 4.01. The Morgan fingerprint density at radius 3 is 2.67 bits per heavy atom. The van der Waals surface area contributed by atoms with Crippen LogP contribution < -0.4 is 5.32 Å². The number of carbonyl (C=O) groups is 2. The summed E-state index contributed by atoms with van der Waals surface area (Å²) in [6.07, 6.45) is 1.81. The Kier molecular flexibility index (Phi) is 6.99. The average molecular weight is 445 g/mol. The number of benzene rings is 1. The van der Waals surface area contributed by atoms with Gasteiger partial charge in [-0.2, -0.15) is 0 Å². The molecule has 0 atom stereocenters. The van der Waals surface area contributed by atoms with E-state index >= 15 is 0 Å². The van der Waals surface area contributed by atoms with Crippen LogP contribution in [0.15, 0.2) is 51.8 Å². The van der Waals surface area contributed by atoms with Crippen LogP contribution in [-0.2, 0) is 4.74 Å². The molecule has 1 aliphatic heterocycles. The zero-order valence-corrected chi connectivity index (χ0v) is 18.8. The minimum atomic E-state index is -0.472. The number of hydrogen-bond donors (Lipinski definition) is 1. The van der Waals surface area contributed by atoms with Crippen molar-refractivity contribution in [3.8, 4) is 11.3 Å². The molecule has 0 bridgehead atoms. The van der Waals surface area contributed by atoms with Gasteiger partial charge in [0, 0.05) is 17.6 Å². The van der Waals surface area contributed by atoms with Crippen molar-refractivity contribution < 1.29 is 18.7 Å². The smallest absolute Gasteiger partial charge is 0.407 e. The van der Waals surface area contributed by atoms with E-state index in [1.165, 1.54) is 4.90 Å². The Morgan fingerprint density at radius 1 is 1.23 bits per heavy atom. The molecule has 0 saturated carbocycles. The Labute approximate surface area is 185 Å². The molecule has 8 heteroatoms. The molecule has 2 aromatic rings. The number of thioether (sulfide) groups is 1. The Morgan fingerprint density at radius 2 is 1.97 bits per heavy atom. The van der Waals surface area contributed by atoms with Gasteiger partial charge in [0.05, 0.1) is 11.5 Å². The topological polar surface area (TPSA) is 71.8 Å². The molecule has 0 unspecified atom stereocenters. The number of rotatable bonds is 6. The largest absolute Gasteiger partial charge is 0.457 e. The molecule has 1 saturated heterocycles. The minimum absolute atomic E-state index is 0.139. The summed E-state index contributed by atoms with van der Waals surface area (Å²) in [5.41, 5.74) is 0.628. The molecule has 2 amide bonds. The van der Waals surface area contributed by atoms with Gasteiger partial charge in [-0.05, 0) is 57.2 Å². The molecule has 1 aromatic heterocycles. The van der Waals surface area contributed by atoms with Gasteiger partial charge >= 0.3 is 6.09 Å². The molecule has 0 aliphatic carbocycles. The third-order valence-corrected chi connectivity index (χ3v) is 5.56. The summed E-state index contributed by atoms with van der Waals surface area (Å²) in [7, 11) is 0. The number of ether oxygens (including phenoxy) is 1. The summed E-state index contributed by atoms with van der Waals surface area (Å²) in [4.78, 5) is 26.7. The highest BCUT2D eigenvalue weighted by atomic mass is 32.2. The van der Waals surface area contributed by atoms with Gasteiger partial charge in [0.25, 0.3) is 5.24 Å². The van der Waals surface area contributed by atoms with Gasteiger partial charge in [0.1, 0.15) is 16.5 Å². The fourth-order valence-electron chi connectivity index (χ4n) is 2.74. The number of nitrogens with one attached hydrogen (secondary N) is 1. The number of amides is 2. The van der Waals surface area contributed by atoms with Gasteiger partial charge in [0.15, 0.2) is 0 Å². The first-order chi connectivity index (χ1) is 14.2. The lowest BCUT2D eigenvalue weighted by Gasteiger charge is -2.20. The molecular weight excluding hydrogens is 420 g/mol. The molecule has 3 rings (SSSR count). The number of nitrogens with zero attached hydrogens (tertiary/aromatic N) is 1. The SMILES string of the molecule is CC(C)(C)NC(=O)OCCCN1C(=O)S/C(=C\c2ccc(-c3ccccc3)o2)C1=S. The summed E-state index contributed by atoms with van der Waals surface area (Å²) in [5.74, 6) is 1.39. The van der Waals surface area contributed by atoms with Gasteiger partial charge in [-0.25, -0.2) is 4.79 Å². The highest BCUT2D eigenvalue weighted by Crippen LogP contribution is 2.34. The number of hydrogen-bond acceptors (Lipinski definition) is 6. The van der Waals surface area contributed by atoms with Gasteiger partial charge in [-0.1, -0.05) is 42.5 Å². The fraction of sp³-hybridized carbons (Fsp3) is 0.318. The third-order valence-electron chi connectivity index (χ3n) is 4.07. The number of carbonyl (C=O) groups excluding carboxylic acids is 2. The summed E-state index contributed by atoms with van der Waals surface area (Å²) in [6.45, 7) is 6.22. The molecule has 2 heterocycles. The molecule has 0 spiro atoms. The van der Waals surface area contributed by atoms with Crippen molar-refractivity contribution in [1.82, 2.24) is 10.2 Å².